The molecule has 25 heavy (non-hydrogen) atoms. The molecule has 10 heteroatoms. The van der Waals surface area contributed by atoms with Crippen LogP contribution in [0.5, 0.6) is 0 Å². The van der Waals surface area contributed by atoms with E-state index in [0.717, 1.165) is 36.2 Å². The number of hydrogen-bond acceptors (Lipinski definition) is 5. The Morgan fingerprint density at radius 2 is 1.92 bits per heavy atom. The van der Waals surface area contributed by atoms with Gasteiger partial charge in [-0.25, -0.2) is 4.98 Å². The van der Waals surface area contributed by atoms with Crippen LogP contribution in [0, 0.1) is 0 Å². The summed E-state index contributed by atoms with van der Waals surface area (Å²) in [5.41, 5.74) is -0.869. The molecule has 0 amide bonds. The molecule has 1 rings (SSSR count). The van der Waals surface area contributed by atoms with E-state index in [1.54, 1.807) is 7.05 Å². The summed E-state index contributed by atoms with van der Waals surface area (Å²) in [5, 5.41) is 7.28. The van der Waals surface area contributed by atoms with Gasteiger partial charge in [-0.1, -0.05) is 13.3 Å². The Morgan fingerprint density at radius 1 is 1.20 bits per heavy atom. The van der Waals surface area contributed by atoms with Gasteiger partial charge in [0.1, 0.15) is 5.01 Å². The molecular weight excluding hydrogens is 357 g/mol. The molecule has 0 fully saturated rings. The second-order valence-electron chi connectivity index (χ2n) is 5.06. The number of ether oxygens (including phenoxy) is 2. The molecule has 0 saturated heterocycles. The number of aliphatic imine (C=N–C) groups is 1. The topological polar surface area (TPSA) is 67.8 Å². The van der Waals surface area contributed by atoms with E-state index in [4.69, 9.17) is 9.47 Å². The molecule has 0 aliphatic heterocycles. The normalized spacial score (nSPS) is 12.4. The summed E-state index contributed by atoms with van der Waals surface area (Å²) in [6.07, 6.45) is -2.26. The number of aromatic nitrogens is 1. The highest BCUT2D eigenvalue weighted by atomic mass is 32.1. The van der Waals surface area contributed by atoms with E-state index in [9.17, 15) is 13.2 Å². The number of nitrogens with zero attached hydrogens (tertiary/aromatic N) is 2. The highest BCUT2D eigenvalue weighted by molar-refractivity contribution is 7.09. The van der Waals surface area contributed by atoms with E-state index in [-0.39, 0.29) is 6.54 Å². The lowest BCUT2D eigenvalue weighted by atomic mass is 10.4. The molecule has 0 saturated carbocycles. The van der Waals surface area contributed by atoms with Crippen LogP contribution in [0.3, 0.4) is 0 Å². The van der Waals surface area contributed by atoms with Crippen LogP contribution >= 0.6 is 11.3 Å². The number of alkyl halides is 3. The first-order valence-electron chi connectivity index (χ1n) is 8.09. The first-order chi connectivity index (χ1) is 12.0. The summed E-state index contributed by atoms with van der Waals surface area (Å²) in [6.45, 7) is 5.13. The molecule has 0 spiro atoms. The molecule has 2 N–H and O–H groups in total. The number of guanidine groups is 1. The van der Waals surface area contributed by atoms with Crippen LogP contribution in [-0.2, 0) is 22.2 Å². The Balaban J connectivity index is 2.13. The smallest absolute Gasteiger partial charge is 0.379 e. The van der Waals surface area contributed by atoms with Gasteiger partial charge in [-0.15, -0.1) is 11.3 Å². The lowest BCUT2D eigenvalue weighted by molar-refractivity contribution is -0.140. The van der Waals surface area contributed by atoms with Crippen LogP contribution in [0.15, 0.2) is 10.4 Å². The van der Waals surface area contributed by atoms with Gasteiger partial charge in [0.15, 0.2) is 11.7 Å². The predicted molar refractivity (Wildman–Crippen MR) is 91.9 cm³/mol. The molecule has 1 aromatic rings. The molecule has 0 unspecified atom stereocenters. The molecule has 0 bridgehead atoms. The maximum Gasteiger partial charge on any atom is 0.434 e. The van der Waals surface area contributed by atoms with Gasteiger partial charge in [0.2, 0.25) is 0 Å². The first-order valence-corrected chi connectivity index (χ1v) is 8.97. The summed E-state index contributed by atoms with van der Waals surface area (Å²) >= 11 is 0.957. The minimum absolute atomic E-state index is 0.173. The lowest BCUT2D eigenvalue weighted by Crippen LogP contribution is -2.38. The third-order valence-corrected chi connectivity index (χ3v) is 3.87. The summed E-state index contributed by atoms with van der Waals surface area (Å²) in [7, 11) is 1.58. The van der Waals surface area contributed by atoms with Gasteiger partial charge in [0.05, 0.1) is 26.4 Å². The molecule has 0 aliphatic rings. The van der Waals surface area contributed by atoms with Gasteiger partial charge in [0, 0.05) is 25.6 Å². The average molecular weight is 382 g/mol. The lowest BCUT2D eigenvalue weighted by Gasteiger charge is -2.11. The van der Waals surface area contributed by atoms with Crippen LogP contribution in [-0.4, -0.2) is 51.0 Å². The summed E-state index contributed by atoms with van der Waals surface area (Å²) < 4.78 is 48.2. The predicted octanol–water partition coefficient (Wildman–Crippen LogP) is 2.66. The van der Waals surface area contributed by atoms with Crippen molar-refractivity contribution in [2.75, 3.05) is 40.0 Å². The summed E-state index contributed by atoms with van der Waals surface area (Å²) in [6, 6.07) is 0. The number of thiazole rings is 1. The van der Waals surface area contributed by atoms with Gasteiger partial charge < -0.3 is 20.1 Å². The van der Waals surface area contributed by atoms with E-state index >= 15 is 0 Å². The standard InChI is InChI=1S/C15H25F3N4O2S/c1-3-4-6-23-8-9-24-7-5-20-14(19-2)21-10-13-22-12(11-25-13)15(16,17)18/h11H,3-10H2,1-2H3,(H2,19,20,21). The molecule has 6 nitrogen and oxygen atoms in total. The van der Waals surface area contributed by atoms with Crippen molar-refractivity contribution in [3.05, 3.63) is 16.1 Å². The van der Waals surface area contributed by atoms with Crippen LogP contribution in [0.1, 0.15) is 30.5 Å². The van der Waals surface area contributed by atoms with Gasteiger partial charge in [-0.05, 0) is 6.42 Å². The van der Waals surface area contributed by atoms with Gasteiger partial charge in [-0.2, -0.15) is 13.2 Å². The van der Waals surface area contributed by atoms with Gasteiger partial charge in [-0.3, -0.25) is 4.99 Å². The number of hydrogen-bond donors (Lipinski definition) is 2. The van der Waals surface area contributed by atoms with E-state index in [0.29, 0.717) is 37.3 Å². The van der Waals surface area contributed by atoms with E-state index < -0.39 is 11.9 Å². The first kappa shape index (κ1) is 21.7. The molecule has 1 heterocycles. The minimum Gasteiger partial charge on any atom is -0.379 e. The quantitative estimate of drug-likeness (QED) is 0.350. The van der Waals surface area contributed by atoms with Gasteiger partial charge in [0.25, 0.3) is 0 Å². The number of halogens is 3. The Hall–Kier alpha value is -1.39. The number of unbranched alkanes of at least 4 members (excludes halogenated alkanes) is 1. The molecular formula is C15H25F3N4O2S. The summed E-state index contributed by atoms with van der Waals surface area (Å²) in [5.74, 6) is 0.478. The Bertz CT molecular complexity index is 509. The van der Waals surface area contributed by atoms with Crippen molar-refractivity contribution < 1.29 is 22.6 Å². The van der Waals surface area contributed by atoms with Gasteiger partial charge >= 0.3 is 6.18 Å². The van der Waals surface area contributed by atoms with E-state index in [1.165, 1.54) is 0 Å². The zero-order valence-electron chi connectivity index (χ0n) is 14.5. The second-order valence-corrected chi connectivity index (χ2v) is 6.00. The maximum absolute atomic E-state index is 12.5. The van der Waals surface area contributed by atoms with Crippen molar-refractivity contribution in [3.8, 4) is 0 Å². The van der Waals surface area contributed by atoms with Crippen molar-refractivity contribution in [3.63, 3.8) is 0 Å². The van der Waals surface area contributed by atoms with E-state index in [2.05, 4.69) is 27.5 Å². The fraction of sp³-hybridized carbons (Fsp3) is 0.733. The van der Waals surface area contributed by atoms with Crippen LogP contribution in [0.2, 0.25) is 0 Å². The largest absolute Gasteiger partial charge is 0.434 e. The molecule has 144 valence electrons. The van der Waals surface area contributed by atoms with Crippen LogP contribution in [0.25, 0.3) is 0 Å². The highest BCUT2D eigenvalue weighted by Gasteiger charge is 2.33. The van der Waals surface area contributed by atoms with Crippen LogP contribution < -0.4 is 10.6 Å². The fourth-order valence-electron chi connectivity index (χ4n) is 1.71. The van der Waals surface area contributed by atoms with Crippen LogP contribution in [0.4, 0.5) is 13.2 Å². The van der Waals surface area contributed by atoms with Crippen molar-refractivity contribution in [1.29, 1.82) is 0 Å². The minimum atomic E-state index is -4.41. The zero-order valence-corrected chi connectivity index (χ0v) is 15.3. The Kier molecular flexibility index (Phi) is 10.4. The molecule has 1 aromatic heterocycles. The second kappa shape index (κ2) is 12.0. The molecule has 0 aromatic carbocycles. The van der Waals surface area contributed by atoms with Crippen molar-refractivity contribution in [2.45, 2.75) is 32.5 Å². The van der Waals surface area contributed by atoms with Crippen molar-refractivity contribution in [2.24, 2.45) is 4.99 Å². The molecule has 0 radical (unpaired) electrons. The van der Waals surface area contributed by atoms with E-state index in [1.807, 2.05) is 0 Å². The third kappa shape index (κ3) is 9.61. The zero-order chi connectivity index (χ0) is 18.5. The fourth-order valence-corrected chi connectivity index (χ4v) is 2.45. The Labute approximate surface area is 149 Å². The number of nitrogens with one attached hydrogen (secondary N) is 2. The Morgan fingerprint density at radius 3 is 2.52 bits per heavy atom. The van der Waals surface area contributed by atoms with Crippen molar-refractivity contribution >= 4 is 17.3 Å². The SMILES string of the molecule is CCCCOCCOCCNC(=NC)NCc1nc(C(F)(F)F)cs1. The molecule has 0 aliphatic carbocycles. The third-order valence-electron chi connectivity index (χ3n) is 3.03. The monoisotopic (exact) mass is 382 g/mol. The average Bonchev–Trinajstić information content (AvgIpc) is 3.05. The molecule has 0 atom stereocenters. The van der Waals surface area contributed by atoms with Crippen molar-refractivity contribution in [1.82, 2.24) is 15.6 Å². The highest BCUT2D eigenvalue weighted by Crippen LogP contribution is 2.29. The maximum atomic E-state index is 12.5. The summed E-state index contributed by atoms with van der Waals surface area (Å²) in [4.78, 5) is 7.54. The number of rotatable bonds is 11.